The number of hydrogen-bond donors (Lipinski definition) is 1. The Hall–Kier alpha value is -0.150. The highest BCUT2D eigenvalue weighted by Crippen LogP contribution is 2.28. The molecular weight excluding hydrogens is 244 g/mol. The molecule has 1 heterocycles. The van der Waals surface area contributed by atoms with Crippen molar-refractivity contribution in [3.05, 3.63) is 28.2 Å². The van der Waals surface area contributed by atoms with Crippen LogP contribution in [0.4, 0.5) is 0 Å². The van der Waals surface area contributed by atoms with E-state index in [9.17, 15) is 0 Å². The Labute approximate surface area is 98.9 Å². The molecule has 1 aromatic carbocycles. The third kappa shape index (κ3) is 2.67. The highest BCUT2D eigenvalue weighted by Gasteiger charge is 2.19. The van der Waals surface area contributed by atoms with Crippen LogP contribution in [-0.2, 0) is 0 Å². The first-order valence-corrected chi connectivity index (χ1v) is 4.84. The molecule has 14 heavy (non-hydrogen) atoms. The van der Waals surface area contributed by atoms with Gasteiger partial charge in [-0.2, -0.15) is 0 Å². The number of rotatable bonds is 2. The van der Waals surface area contributed by atoms with Gasteiger partial charge in [0.25, 0.3) is 0 Å². The van der Waals surface area contributed by atoms with Crippen LogP contribution in [0.1, 0.15) is 0 Å². The largest absolute Gasteiger partial charge is 0.486 e. The van der Waals surface area contributed by atoms with Crippen LogP contribution >= 0.6 is 35.6 Å². The van der Waals surface area contributed by atoms with Crippen molar-refractivity contribution in [3.63, 3.8) is 0 Å². The molecule has 1 aliphatic rings. The number of ether oxygens (including phenoxy) is 1. The highest BCUT2D eigenvalue weighted by molar-refractivity contribution is 6.35. The van der Waals surface area contributed by atoms with Crippen molar-refractivity contribution >= 4 is 35.6 Å². The van der Waals surface area contributed by atoms with Crippen LogP contribution in [0, 0.1) is 0 Å². The molecule has 5 heteroatoms. The lowest BCUT2D eigenvalue weighted by Gasteiger charge is -2.28. The molecule has 0 aromatic heterocycles. The van der Waals surface area contributed by atoms with Crippen LogP contribution in [0.15, 0.2) is 18.2 Å². The summed E-state index contributed by atoms with van der Waals surface area (Å²) < 4.78 is 5.58. The minimum absolute atomic E-state index is 0. The van der Waals surface area contributed by atoms with E-state index < -0.39 is 0 Å². The summed E-state index contributed by atoms with van der Waals surface area (Å²) in [6.07, 6.45) is 0.249. The summed E-state index contributed by atoms with van der Waals surface area (Å²) in [5.74, 6) is 0.706. The van der Waals surface area contributed by atoms with Gasteiger partial charge >= 0.3 is 0 Å². The molecular formula is C9H10Cl3NO. The van der Waals surface area contributed by atoms with Crippen LogP contribution in [0.5, 0.6) is 5.75 Å². The Kier molecular flexibility index (Phi) is 4.32. The van der Waals surface area contributed by atoms with Gasteiger partial charge in [-0.25, -0.2) is 0 Å². The Balaban J connectivity index is 0.000000980. The number of halogens is 3. The van der Waals surface area contributed by atoms with Crippen molar-refractivity contribution in [2.75, 3.05) is 13.1 Å². The van der Waals surface area contributed by atoms with Gasteiger partial charge in [-0.3, -0.25) is 0 Å². The van der Waals surface area contributed by atoms with E-state index in [1.165, 1.54) is 0 Å². The summed E-state index contributed by atoms with van der Waals surface area (Å²) in [7, 11) is 0. The third-order valence-electron chi connectivity index (χ3n) is 1.93. The molecule has 0 atom stereocenters. The molecule has 1 aliphatic heterocycles. The topological polar surface area (TPSA) is 21.3 Å². The zero-order chi connectivity index (χ0) is 9.26. The molecule has 0 amide bonds. The van der Waals surface area contributed by atoms with Gasteiger partial charge in [-0.05, 0) is 18.2 Å². The molecule has 0 saturated carbocycles. The summed E-state index contributed by atoms with van der Waals surface area (Å²) in [6, 6.07) is 5.25. The lowest BCUT2D eigenvalue weighted by Crippen LogP contribution is -2.50. The van der Waals surface area contributed by atoms with Gasteiger partial charge in [0.2, 0.25) is 0 Å². The second-order valence-corrected chi connectivity index (χ2v) is 3.82. The van der Waals surface area contributed by atoms with E-state index in [1.54, 1.807) is 18.2 Å². The minimum Gasteiger partial charge on any atom is -0.486 e. The summed E-state index contributed by atoms with van der Waals surface area (Å²) >= 11 is 11.7. The molecule has 78 valence electrons. The van der Waals surface area contributed by atoms with Crippen molar-refractivity contribution in [1.82, 2.24) is 5.32 Å². The van der Waals surface area contributed by atoms with Crippen molar-refractivity contribution in [1.29, 1.82) is 0 Å². The SMILES string of the molecule is Cl.Clc1ccc(OC2CNC2)c(Cl)c1. The van der Waals surface area contributed by atoms with Gasteiger partial charge in [0, 0.05) is 18.1 Å². The van der Waals surface area contributed by atoms with Crippen molar-refractivity contribution in [2.45, 2.75) is 6.10 Å². The number of nitrogens with one attached hydrogen (secondary N) is 1. The average Bonchev–Trinajstić information content (AvgIpc) is 1.99. The standard InChI is InChI=1S/C9H9Cl2NO.ClH/c10-6-1-2-9(8(11)3-6)13-7-4-12-5-7;/h1-3,7,12H,4-5H2;1H. The second-order valence-electron chi connectivity index (χ2n) is 2.97. The van der Waals surface area contributed by atoms with Crippen molar-refractivity contribution < 1.29 is 4.74 Å². The minimum atomic E-state index is 0. The van der Waals surface area contributed by atoms with Crippen molar-refractivity contribution in [3.8, 4) is 5.75 Å². The fraction of sp³-hybridized carbons (Fsp3) is 0.333. The predicted molar refractivity (Wildman–Crippen MR) is 61.0 cm³/mol. The van der Waals surface area contributed by atoms with Crippen molar-refractivity contribution in [2.24, 2.45) is 0 Å². The first kappa shape index (κ1) is 11.9. The van der Waals surface area contributed by atoms with E-state index in [-0.39, 0.29) is 18.5 Å². The molecule has 2 nitrogen and oxygen atoms in total. The normalized spacial score (nSPS) is 15.6. The Morgan fingerprint density at radius 1 is 1.29 bits per heavy atom. The predicted octanol–water partition coefficient (Wildman–Crippen LogP) is 2.77. The first-order valence-electron chi connectivity index (χ1n) is 4.08. The first-order chi connectivity index (χ1) is 6.25. The van der Waals surface area contributed by atoms with Crippen LogP contribution in [-0.4, -0.2) is 19.2 Å². The van der Waals surface area contributed by atoms with E-state index in [0.717, 1.165) is 13.1 Å². The molecule has 0 aliphatic carbocycles. The molecule has 1 aromatic rings. The van der Waals surface area contributed by atoms with Gasteiger partial charge in [-0.1, -0.05) is 23.2 Å². The molecule has 0 radical (unpaired) electrons. The summed E-state index contributed by atoms with van der Waals surface area (Å²) in [5.41, 5.74) is 0. The smallest absolute Gasteiger partial charge is 0.138 e. The number of hydrogen-bond acceptors (Lipinski definition) is 2. The number of benzene rings is 1. The van der Waals surface area contributed by atoms with Gasteiger partial charge in [0.05, 0.1) is 5.02 Å². The fourth-order valence-electron chi connectivity index (χ4n) is 1.10. The van der Waals surface area contributed by atoms with Gasteiger partial charge in [0.15, 0.2) is 0 Å². The maximum Gasteiger partial charge on any atom is 0.138 e. The van der Waals surface area contributed by atoms with Crippen LogP contribution < -0.4 is 10.1 Å². The van der Waals surface area contributed by atoms with Crippen LogP contribution in [0.25, 0.3) is 0 Å². The van der Waals surface area contributed by atoms with Gasteiger partial charge in [-0.15, -0.1) is 12.4 Å². The molecule has 0 spiro atoms. The monoisotopic (exact) mass is 253 g/mol. The zero-order valence-corrected chi connectivity index (χ0v) is 9.62. The van der Waals surface area contributed by atoms with E-state index >= 15 is 0 Å². The summed E-state index contributed by atoms with van der Waals surface area (Å²) in [4.78, 5) is 0. The molecule has 0 unspecified atom stereocenters. The van der Waals surface area contributed by atoms with Crippen LogP contribution in [0.3, 0.4) is 0 Å². The Bertz CT molecular complexity index is 315. The Morgan fingerprint density at radius 3 is 2.50 bits per heavy atom. The van der Waals surface area contributed by atoms with E-state index in [1.807, 2.05) is 0 Å². The quantitative estimate of drug-likeness (QED) is 0.876. The van der Waals surface area contributed by atoms with E-state index in [2.05, 4.69) is 5.32 Å². The summed E-state index contributed by atoms with van der Waals surface area (Å²) in [5, 5.41) is 4.32. The lowest BCUT2D eigenvalue weighted by molar-refractivity contribution is 0.142. The second kappa shape index (κ2) is 5.08. The molecule has 1 saturated heterocycles. The van der Waals surface area contributed by atoms with Crippen LogP contribution in [0.2, 0.25) is 10.0 Å². The van der Waals surface area contributed by atoms with Gasteiger partial charge in [0.1, 0.15) is 11.9 Å². The van der Waals surface area contributed by atoms with E-state index in [0.29, 0.717) is 15.8 Å². The van der Waals surface area contributed by atoms with E-state index in [4.69, 9.17) is 27.9 Å². The lowest BCUT2D eigenvalue weighted by atomic mass is 10.2. The average molecular weight is 255 g/mol. The highest BCUT2D eigenvalue weighted by atomic mass is 35.5. The molecule has 1 N–H and O–H groups in total. The Morgan fingerprint density at radius 2 is 2.00 bits per heavy atom. The van der Waals surface area contributed by atoms with Gasteiger partial charge < -0.3 is 10.1 Å². The molecule has 2 rings (SSSR count). The molecule has 0 bridgehead atoms. The summed E-state index contributed by atoms with van der Waals surface area (Å²) in [6.45, 7) is 1.78. The maximum atomic E-state index is 5.92. The maximum absolute atomic E-state index is 5.92. The third-order valence-corrected chi connectivity index (χ3v) is 2.46. The molecule has 1 fully saturated rings. The fourth-order valence-corrected chi connectivity index (χ4v) is 1.55. The zero-order valence-electron chi connectivity index (χ0n) is 7.30.